The molecule has 1 N–H and O–H groups in total. The quantitative estimate of drug-likeness (QED) is 0.851. The molecule has 6 heteroatoms. The van der Waals surface area contributed by atoms with E-state index in [1.165, 1.54) is 4.57 Å². The second-order valence-electron chi connectivity index (χ2n) is 5.21. The molecule has 0 fully saturated rings. The van der Waals surface area contributed by atoms with Gasteiger partial charge in [-0.15, -0.1) is 0 Å². The SMILES string of the molecule is COCC(C)Cn1c(C)c(C(C)C(=O)O)c(C)nc1=O. The number of aryl methyl sites for hydroxylation is 1. The maximum absolute atomic E-state index is 12.0. The van der Waals surface area contributed by atoms with Gasteiger partial charge in [-0.2, -0.15) is 4.98 Å². The summed E-state index contributed by atoms with van der Waals surface area (Å²) < 4.78 is 6.60. The summed E-state index contributed by atoms with van der Waals surface area (Å²) in [5.41, 5.74) is 1.42. The van der Waals surface area contributed by atoms with E-state index < -0.39 is 11.9 Å². The molecule has 0 radical (unpaired) electrons. The van der Waals surface area contributed by atoms with Gasteiger partial charge in [0.05, 0.1) is 12.5 Å². The number of methoxy groups -OCH3 is 1. The molecule has 112 valence electrons. The third kappa shape index (κ3) is 3.45. The number of nitrogens with zero attached hydrogens (tertiary/aromatic N) is 2. The van der Waals surface area contributed by atoms with Crippen LogP contribution < -0.4 is 5.69 Å². The molecule has 0 aliphatic heterocycles. The van der Waals surface area contributed by atoms with Crippen molar-refractivity contribution in [2.75, 3.05) is 13.7 Å². The molecule has 1 aromatic rings. The van der Waals surface area contributed by atoms with Crippen LogP contribution in [0.25, 0.3) is 0 Å². The zero-order chi connectivity index (χ0) is 15.4. The third-order valence-corrected chi connectivity index (χ3v) is 3.43. The minimum absolute atomic E-state index is 0.147. The fraction of sp³-hybridized carbons (Fsp3) is 0.643. The van der Waals surface area contributed by atoms with Crippen LogP contribution in [-0.2, 0) is 16.1 Å². The third-order valence-electron chi connectivity index (χ3n) is 3.43. The van der Waals surface area contributed by atoms with Gasteiger partial charge in [-0.25, -0.2) is 4.79 Å². The fourth-order valence-corrected chi connectivity index (χ4v) is 2.43. The summed E-state index contributed by atoms with van der Waals surface area (Å²) in [5, 5.41) is 9.18. The van der Waals surface area contributed by atoms with Gasteiger partial charge >= 0.3 is 11.7 Å². The van der Waals surface area contributed by atoms with Gasteiger partial charge in [-0.1, -0.05) is 6.92 Å². The summed E-state index contributed by atoms with van der Waals surface area (Å²) >= 11 is 0. The molecule has 0 amide bonds. The topological polar surface area (TPSA) is 81.4 Å². The maximum Gasteiger partial charge on any atom is 0.347 e. The van der Waals surface area contributed by atoms with Crippen molar-refractivity contribution in [1.29, 1.82) is 0 Å². The van der Waals surface area contributed by atoms with Crippen molar-refractivity contribution < 1.29 is 14.6 Å². The number of aromatic nitrogens is 2. The minimum Gasteiger partial charge on any atom is -0.481 e. The Labute approximate surface area is 118 Å². The van der Waals surface area contributed by atoms with E-state index in [-0.39, 0.29) is 11.6 Å². The molecule has 1 rings (SSSR count). The smallest absolute Gasteiger partial charge is 0.347 e. The van der Waals surface area contributed by atoms with Crippen molar-refractivity contribution in [2.45, 2.75) is 40.2 Å². The first-order valence-corrected chi connectivity index (χ1v) is 6.59. The van der Waals surface area contributed by atoms with E-state index in [0.717, 1.165) is 0 Å². The van der Waals surface area contributed by atoms with Crippen molar-refractivity contribution in [1.82, 2.24) is 9.55 Å². The predicted molar refractivity (Wildman–Crippen MR) is 75.1 cm³/mol. The Hall–Kier alpha value is -1.69. The molecule has 2 unspecified atom stereocenters. The van der Waals surface area contributed by atoms with Gasteiger partial charge in [0.15, 0.2) is 0 Å². The fourth-order valence-electron chi connectivity index (χ4n) is 2.43. The number of carbonyl (C=O) groups is 1. The van der Waals surface area contributed by atoms with Gasteiger partial charge < -0.3 is 9.84 Å². The zero-order valence-corrected chi connectivity index (χ0v) is 12.6. The molecular formula is C14H22N2O4. The maximum atomic E-state index is 12.0. The van der Waals surface area contributed by atoms with Crippen LogP contribution in [0.3, 0.4) is 0 Å². The summed E-state index contributed by atoms with van der Waals surface area (Å²) in [6.45, 7) is 8.01. The first kappa shape index (κ1) is 16.4. The summed E-state index contributed by atoms with van der Waals surface area (Å²) in [5.74, 6) is -1.46. The van der Waals surface area contributed by atoms with E-state index in [2.05, 4.69) is 4.98 Å². The van der Waals surface area contributed by atoms with Gasteiger partial charge in [-0.05, 0) is 26.7 Å². The Morgan fingerprint density at radius 1 is 1.40 bits per heavy atom. The number of carboxylic acids is 1. The van der Waals surface area contributed by atoms with Crippen LogP contribution in [0.5, 0.6) is 0 Å². The second kappa shape index (κ2) is 6.65. The Morgan fingerprint density at radius 2 is 2.00 bits per heavy atom. The number of carboxylic acid groups (broad SMARTS) is 1. The first-order chi connectivity index (χ1) is 9.29. The minimum atomic E-state index is -0.923. The molecule has 1 aromatic heterocycles. The highest BCUT2D eigenvalue weighted by atomic mass is 16.5. The number of hydrogen-bond donors (Lipinski definition) is 1. The van der Waals surface area contributed by atoms with Gasteiger partial charge in [0.2, 0.25) is 0 Å². The average molecular weight is 282 g/mol. The molecule has 0 saturated carbocycles. The monoisotopic (exact) mass is 282 g/mol. The van der Waals surface area contributed by atoms with Crippen LogP contribution in [-0.4, -0.2) is 34.3 Å². The molecule has 0 spiro atoms. The molecule has 0 aliphatic rings. The van der Waals surface area contributed by atoms with E-state index in [0.29, 0.717) is 30.1 Å². The zero-order valence-electron chi connectivity index (χ0n) is 12.6. The van der Waals surface area contributed by atoms with E-state index >= 15 is 0 Å². The number of rotatable bonds is 6. The average Bonchev–Trinajstić information content (AvgIpc) is 2.34. The largest absolute Gasteiger partial charge is 0.481 e. The normalized spacial score (nSPS) is 14.1. The summed E-state index contributed by atoms with van der Waals surface area (Å²) in [4.78, 5) is 27.2. The first-order valence-electron chi connectivity index (χ1n) is 6.59. The van der Waals surface area contributed by atoms with Crippen molar-refractivity contribution >= 4 is 5.97 Å². The van der Waals surface area contributed by atoms with Crippen LogP contribution >= 0.6 is 0 Å². The summed E-state index contributed by atoms with van der Waals surface area (Å²) in [7, 11) is 1.61. The summed E-state index contributed by atoms with van der Waals surface area (Å²) in [6.07, 6.45) is 0. The number of ether oxygens (including phenoxy) is 1. The highest BCUT2D eigenvalue weighted by molar-refractivity contribution is 5.76. The number of hydrogen-bond acceptors (Lipinski definition) is 4. The van der Waals surface area contributed by atoms with Crippen LogP contribution in [0.4, 0.5) is 0 Å². The Bertz CT molecular complexity index is 551. The van der Waals surface area contributed by atoms with Gasteiger partial charge in [0.25, 0.3) is 0 Å². The van der Waals surface area contributed by atoms with Crippen LogP contribution in [0.1, 0.15) is 36.7 Å². The number of aliphatic carboxylic acids is 1. The van der Waals surface area contributed by atoms with Crippen LogP contribution in [0.15, 0.2) is 4.79 Å². The van der Waals surface area contributed by atoms with Crippen molar-refractivity contribution in [3.05, 3.63) is 27.4 Å². The van der Waals surface area contributed by atoms with E-state index in [9.17, 15) is 14.7 Å². The molecule has 1 heterocycles. The van der Waals surface area contributed by atoms with Crippen molar-refractivity contribution in [3.8, 4) is 0 Å². The lowest BCUT2D eigenvalue weighted by Crippen LogP contribution is -2.32. The standard InChI is InChI=1S/C14H22N2O4/c1-8(7-20-5)6-16-11(4)12(9(2)13(17)18)10(3)15-14(16)19/h8-9H,6-7H2,1-5H3,(H,17,18). The highest BCUT2D eigenvalue weighted by Crippen LogP contribution is 2.21. The van der Waals surface area contributed by atoms with Gasteiger partial charge in [0, 0.05) is 30.6 Å². The molecule has 6 nitrogen and oxygen atoms in total. The second-order valence-corrected chi connectivity index (χ2v) is 5.21. The van der Waals surface area contributed by atoms with E-state index in [4.69, 9.17) is 4.74 Å². The Kier molecular flexibility index (Phi) is 5.44. The molecule has 0 bridgehead atoms. The lowest BCUT2D eigenvalue weighted by atomic mass is 9.98. The molecule has 20 heavy (non-hydrogen) atoms. The lowest BCUT2D eigenvalue weighted by Gasteiger charge is -2.20. The van der Waals surface area contributed by atoms with Gasteiger partial charge in [-0.3, -0.25) is 9.36 Å². The molecule has 0 saturated heterocycles. The van der Waals surface area contributed by atoms with Gasteiger partial charge in [0.1, 0.15) is 0 Å². The summed E-state index contributed by atoms with van der Waals surface area (Å²) in [6, 6.07) is 0. The van der Waals surface area contributed by atoms with E-state index in [1.54, 1.807) is 27.9 Å². The molecule has 0 aliphatic carbocycles. The van der Waals surface area contributed by atoms with Crippen molar-refractivity contribution in [3.63, 3.8) is 0 Å². The predicted octanol–water partition coefficient (Wildman–Crippen LogP) is 1.33. The van der Waals surface area contributed by atoms with Crippen molar-refractivity contribution in [2.24, 2.45) is 5.92 Å². The molecule has 0 aromatic carbocycles. The molecular weight excluding hydrogens is 260 g/mol. The highest BCUT2D eigenvalue weighted by Gasteiger charge is 2.22. The Balaban J connectivity index is 3.29. The van der Waals surface area contributed by atoms with Crippen LogP contribution in [0, 0.1) is 19.8 Å². The van der Waals surface area contributed by atoms with Crippen LogP contribution in [0.2, 0.25) is 0 Å². The van der Waals surface area contributed by atoms with E-state index in [1.807, 2.05) is 6.92 Å². The Morgan fingerprint density at radius 3 is 2.50 bits per heavy atom. The molecule has 2 atom stereocenters. The lowest BCUT2D eigenvalue weighted by molar-refractivity contribution is -0.138.